The van der Waals surface area contributed by atoms with E-state index < -0.39 is 6.10 Å². The Morgan fingerprint density at radius 3 is 1.00 bits per heavy atom. The van der Waals surface area contributed by atoms with Crippen LogP contribution < -0.4 is 0 Å². The molecule has 6 nitrogen and oxygen atoms in total. The molecule has 0 saturated heterocycles. The molecule has 1 atom stereocenters. The molecule has 65 heavy (non-hydrogen) atoms. The van der Waals surface area contributed by atoms with E-state index in [2.05, 4.69) is 99.8 Å². The molecule has 0 aliphatic rings. The van der Waals surface area contributed by atoms with Crippen LogP contribution in [0.4, 0.5) is 0 Å². The van der Waals surface area contributed by atoms with E-state index in [4.69, 9.17) is 14.2 Å². The van der Waals surface area contributed by atoms with Crippen molar-refractivity contribution in [2.45, 2.75) is 232 Å². The van der Waals surface area contributed by atoms with E-state index >= 15 is 0 Å². The highest BCUT2D eigenvalue weighted by molar-refractivity contribution is 5.71. The average Bonchev–Trinajstić information content (AvgIpc) is 3.30. The molecule has 0 bridgehead atoms. The van der Waals surface area contributed by atoms with Gasteiger partial charge >= 0.3 is 17.9 Å². The van der Waals surface area contributed by atoms with Crippen molar-refractivity contribution in [2.24, 2.45) is 0 Å². The molecule has 0 aromatic rings. The molecule has 0 radical (unpaired) electrons. The number of ether oxygens (including phenoxy) is 3. The molecule has 0 aromatic heterocycles. The summed E-state index contributed by atoms with van der Waals surface area (Å²) in [6.07, 6.45) is 70.7. The lowest BCUT2D eigenvalue weighted by atomic mass is 10.1. The molecule has 0 saturated carbocycles. The number of carbonyl (C=O) groups is 3. The minimum Gasteiger partial charge on any atom is -0.462 e. The van der Waals surface area contributed by atoms with Gasteiger partial charge in [0.15, 0.2) is 6.10 Å². The van der Waals surface area contributed by atoms with Gasteiger partial charge in [0, 0.05) is 19.3 Å². The van der Waals surface area contributed by atoms with E-state index in [0.717, 1.165) is 116 Å². The Bertz CT molecular complexity index is 1360. The molecule has 6 heteroatoms. The Morgan fingerprint density at radius 1 is 0.308 bits per heavy atom. The number of hydrogen-bond donors (Lipinski definition) is 0. The Labute approximate surface area is 400 Å². The van der Waals surface area contributed by atoms with E-state index in [1.807, 2.05) is 30.4 Å². The van der Waals surface area contributed by atoms with Crippen LogP contribution in [0.15, 0.2) is 109 Å². The van der Waals surface area contributed by atoms with Crippen molar-refractivity contribution in [1.82, 2.24) is 0 Å². The summed E-state index contributed by atoms with van der Waals surface area (Å²) in [5, 5.41) is 0. The number of esters is 3. The summed E-state index contributed by atoms with van der Waals surface area (Å²) < 4.78 is 16.7. The molecule has 0 aliphatic carbocycles. The molecule has 0 heterocycles. The lowest BCUT2D eigenvalue weighted by Gasteiger charge is -2.18. The van der Waals surface area contributed by atoms with Gasteiger partial charge in [-0.3, -0.25) is 14.4 Å². The van der Waals surface area contributed by atoms with Crippen LogP contribution in [0.2, 0.25) is 0 Å². The monoisotopic (exact) mass is 901 g/mol. The molecule has 0 spiro atoms. The van der Waals surface area contributed by atoms with E-state index in [0.29, 0.717) is 19.3 Å². The van der Waals surface area contributed by atoms with E-state index in [9.17, 15) is 14.4 Å². The molecule has 1 unspecified atom stereocenters. The van der Waals surface area contributed by atoms with Crippen molar-refractivity contribution in [3.8, 4) is 0 Å². The largest absolute Gasteiger partial charge is 0.462 e. The smallest absolute Gasteiger partial charge is 0.306 e. The van der Waals surface area contributed by atoms with Gasteiger partial charge in [0.25, 0.3) is 0 Å². The van der Waals surface area contributed by atoms with Crippen LogP contribution >= 0.6 is 0 Å². The SMILES string of the molecule is CCC\C=C/C=C\C=C/C=C\C=C/CCCCCCCC(=O)OCC(COC(=O)CCCCC/C=C\C=C/CCCC)OC(=O)CCCCCCC/C=C\C=C/CCCCCCCCC. The summed E-state index contributed by atoms with van der Waals surface area (Å²) in [7, 11) is 0. The molecular weight excluding hydrogens is 805 g/mol. The predicted molar refractivity (Wildman–Crippen MR) is 279 cm³/mol. The standard InChI is InChI=1S/C59H96O6/c1-4-7-10-13-16-19-22-24-26-28-30-32-34-37-40-43-46-49-52-58(61)64-55-56(54-63-57(60)51-48-45-42-39-36-21-18-15-12-9-6-3)65-59(62)53-50-47-44-41-38-35-33-31-29-27-25-23-20-17-14-11-8-5-2/h10,13,15-16,18-19,21-22,24,26-33,36,56H,4-9,11-12,14,17,20,23,25,34-35,37-55H2,1-3H3/b13-10-,18-15-,19-16-,24-22-,28-26-,29-27-,32-30-,33-31-,36-21-. The lowest BCUT2D eigenvalue weighted by molar-refractivity contribution is -0.167. The van der Waals surface area contributed by atoms with E-state index in [1.54, 1.807) is 0 Å². The number of rotatable bonds is 46. The van der Waals surface area contributed by atoms with Gasteiger partial charge in [0.1, 0.15) is 13.2 Å². The summed E-state index contributed by atoms with van der Waals surface area (Å²) in [6.45, 7) is 6.42. The van der Waals surface area contributed by atoms with E-state index in [1.165, 1.54) is 70.6 Å². The van der Waals surface area contributed by atoms with Gasteiger partial charge in [-0.1, -0.05) is 233 Å². The minimum absolute atomic E-state index is 0.109. The van der Waals surface area contributed by atoms with Gasteiger partial charge in [-0.2, -0.15) is 0 Å². The molecule has 0 N–H and O–H groups in total. The van der Waals surface area contributed by atoms with Gasteiger partial charge in [-0.05, 0) is 83.5 Å². The number of hydrogen-bond acceptors (Lipinski definition) is 6. The Hall–Kier alpha value is -3.93. The van der Waals surface area contributed by atoms with Crippen molar-refractivity contribution < 1.29 is 28.6 Å². The first-order valence-corrected chi connectivity index (χ1v) is 26.5. The van der Waals surface area contributed by atoms with Crippen LogP contribution in [0, 0.1) is 0 Å². The summed E-state index contributed by atoms with van der Waals surface area (Å²) >= 11 is 0. The average molecular weight is 901 g/mol. The second-order valence-electron chi connectivity index (χ2n) is 17.3. The second kappa shape index (κ2) is 52.7. The normalized spacial score (nSPS) is 13.0. The first-order valence-electron chi connectivity index (χ1n) is 26.5. The third-order valence-corrected chi connectivity index (χ3v) is 10.9. The van der Waals surface area contributed by atoms with Crippen molar-refractivity contribution in [2.75, 3.05) is 13.2 Å². The summed E-state index contributed by atoms with van der Waals surface area (Å²) in [5.74, 6) is -0.979. The second-order valence-corrected chi connectivity index (χ2v) is 17.3. The van der Waals surface area contributed by atoms with Gasteiger partial charge < -0.3 is 14.2 Å². The van der Waals surface area contributed by atoms with Crippen molar-refractivity contribution >= 4 is 17.9 Å². The highest BCUT2D eigenvalue weighted by Crippen LogP contribution is 2.13. The maximum atomic E-state index is 12.8. The highest BCUT2D eigenvalue weighted by atomic mass is 16.6. The molecule has 0 amide bonds. The quantitative estimate of drug-likeness (QED) is 0.0262. The third kappa shape index (κ3) is 50.9. The maximum absolute atomic E-state index is 12.8. The number of allylic oxidation sites excluding steroid dienone is 18. The zero-order valence-corrected chi connectivity index (χ0v) is 42.0. The zero-order chi connectivity index (χ0) is 47.2. The molecule has 0 aliphatic heterocycles. The Kier molecular flexibility index (Phi) is 49.5. The van der Waals surface area contributed by atoms with Crippen LogP contribution in [0.1, 0.15) is 226 Å². The fourth-order valence-electron chi connectivity index (χ4n) is 6.85. The highest BCUT2D eigenvalue weighted by Gasteiger charge is 2.19. The van der Waals surface area contributed by atoms with E-state index in [-0.39, 0.29) is 31.1 Å². The van der Waals surface area contributed by atoms with Gasteiger partial charge in [0.2, 0.25) is 0 Å². The first kappa shape index (κ1) is 61.1. The Morgan fingerprint density at radius 2 is 0.600 bits per heavy atom. The summed E-state index contributed by atoms with van der Waals surface area (Å²) in [5.41, 5.74) is 0. The lowest BCUT2D eigenvalue weighted by Crippen LogP contribution is -2.30. The molecule has 368 valence electrons. The maximum Gasteiger partial charge on any atom is 0.306 e. The molecule has 0 rings (SSSR count). The Balaban J connectivity index is 4.49. The minimum atomic E-state index is -0.809. The summed E-state index contributed by atoms with van der Waals surface area (Å²) in [4.78, 5) is 38.0. The van der Waals surface area contributed by atoms with Crippen molar-refractivity contribution in [3.63, 3.8) is 0 Å². The molecule has 0 aromatic carbocycles. The third-order valence-electron chi connectivity index (χ3n) is 10.9. The number of unbranched alkanes of at least 4 members (excludes halogenated alkanes) is 23. The van der Waals surface area contributed by atoms with Crippen LogP contribution in [0.3, 0.4) is 0 Å². The first-order chi connectivity index (χ1) is 32.0. The van der Waals surface area contributed by atoms with Gasteiger partial charge in [0.05, 0.1) is 0 Å². The molecular formula is C59H96O6. The fourth-order valence-corrected chi connectivity index (χ4v) is 6.85. The van der Waals surface area contributed by atoms with Crippen LogP contribution in [-0.2, 0) is 28.6 Å². The fraction of sp³-hybridized carbons (Fsp3) is 0.644. The van der Waals surface area contributed by atoms with Crippen LogP contribution in [0.5, 0.6) is 0 Å². The van der Waals surface area contributed by atoms with Crippen molar-refractivity contribution in [3.05, 3.63) is 109 Å². The van der Waals surface area contributed by atoms with Gasteiger partial charge in [-0.25, -0.2) is 0 Å². The van der Waals surface area contributed by atoms with Gasteiger partial charge in [-0.15, -0.1) is 0 Å². The van der Waals surface area contributed by atoms with Crippen LogP contribution in [-0.4, -0.2) is 37.2 Å². The predicted octanol–water partition coefficient (Wildman–Crippen LogP) is 17.5. The number of carbonyl (C=O) groups excluding carboxylic acids is 3. The topological polar surface area (TPSA) is 78.9 Å². The van der Waals surface area contributed by atoms with Crippen molar-refractivity contribution in [1.29, 1.82) is 0 Å². The summed E-state index contributed by atoms with van der Waals surface area (Å²) in [6, 6.07) is 0. The van der Waals surface area contributed by atoms with Crippen LogP contribution in [0.25, 0.3) is 0 Å². The molecule has 0 fully saturated rings. The zero-order valence-electron chi connectivity index (χ0n) is 42.0.